The van der Waals surface area contributed by atoms with Gasteiger partial charge in [0.05, 0.1) is 25.6 Å². The molecule has 7 heteroatoms. The van der Waals surface area contributed by atoms with Crippen LogP contribution in [0.25, 0.3) is 10.6 Å². The highest BCUT2D eigenvalue weighted by atomic mass is 32.1. The largest absolute Gasteiger partial charge is 0.497 e. The minimum atomic E-state index is 0.320. The lowest BCUT2D eigenvalue weighted by atomic mass is 10.2. The van der Waals surface area contributed by atoms with Crippen molar-refractivity contribution in [1.29, 1.82) is 0 Å². The minimum Gasteiger partial charge on any atom is -0.497 e. The van der Waals surface area contributed by atoms with Crippen molar-refractivity contribution in [3.8, 4) is 22.1 Å². The van der Waals surface area contributed by atoms with Crippen molar-refractivity contribution in [3.63, 3.8) is 0 Å². The molecule has 140 valence electrons. The van der Waals surface area contributed by atoms with Gasteiger partial charge >= 0.3 is 0 Å². The average molecular weight is 382 g/mol. The van der Waals surface area contributed by atoms with E-state index in [0.717, 1.165) is 22.7 Å². The number of guanidine groups is 1. The van der Waals surface area contributed by atoms with Crippen LogP contribution in [0, 0.1) is 0 Å². The average Bonchev–Trinajstić information content (AvgIpc) is 3.17. The maximum Gasteiger partial charge on any atom is 0.193 e. The first-order valence-electron chi connectivity index (χ1n) is 8.48. The summed E-state index contributed by atoms with van der Waals surface area (Å²) in [5, 5.41) is 6.14. The number of nitrogens with two attached hydrogens (primary N) is 1. The standard InChI is InChI=1S/C20H22N4O2S/c1-25-16-8-9-18(26-2)17(12-16)24-20(21)22-11-10-15-13-27-19(23-15)14-6-4-3-5-7-14/h3-9,12-13H,10-11H2,1-2H3,(H3,21,22,24). The van der Waals surface area contributed by atoms with Crippen LogP contribution >= 0.6 is 11.3 Å². The normalized spacial score (nSPS) is 11.3. The van der Waals surface area contributed by atoms with E-state index >= 15 is 0 Å². The number of hydrogen-bond donors (Lipinski definition) is 2. The topological polar surface area (TPSA) is 81.8 Å². The van der Waals surface area contributed by atoms with Crippen molar-refractivity contribution in [3.05, 3.63) is 59.6 Å². The number of aromatic nitrogens is 1. The van der Waals surface area contributed by atoms with E-state index in [0.29, 0.717) is 29.7 Å². The second kappa shape index (κ2) is 9.05. The number of rotatable bonds is 7. The van der Waals surface area contributed by atoms with Gasteiger partial charge in [0.2, 0.25) is 0 Å². The van der Waals surface area contributed by atoms with Crippen LogP contribution in [0.1, 0.15) is 5.69 Å². The Labute approximate surface area is 162 Å². The summed E-state index contributed by atoms with van der Waals surface area (Å²) in [6, 6.07) is 15.6. The van der Waals surface area contributed by atoms with Crippen molar-refractivity contribution in [2.75, 3.05) is 26.1 Å². The molecule has 0 amide bonds. The van der Waals surface area contributed by atoms with Gasteiger partial charge in [-0.15, -0.1) is 11.3 Å². The molecule has 3 N–H and O–H groups in total. The zero-order valence-corrected chi connectivity index (χ0v) is 16.1. The van der Waals surface area contributed by atoms with Gasteiger partial charge in [-0.1, -0.05) is 30.3 Å². The molecule has 0 aliphatic rings. The number of nitrogens with zero attached hydrogens (tertiary/aromatic N) is 2. The first kappa shape index (κ1) is 18.7. The molecule has 0 spiro atoms. The number of ether oxygens (including phenoxy) is 2. The minimum absolute atomic E-state index is 0.320. The van der Waals surface area contributed by atoms with Gasteiger partial charge < -0.3 is 20.5 Å². The molecule has 1 heterocycles. The van der Waals surface area contributed by atoms with E-state index in [1.165, 1.54) is 0 Å². The molecule has 0 saturated carbocycles. The summed E-state index contributed by atoms with van der Waals surface area (Å²) in [5.74, 6) is 1.70. The van der Waals surface area contributed by atoms with Crippen molar-refractivity contribution in [1.82, 2.24) is 4.98 Å². The molecular formula is C20H22N4O2S. The van der Waals surface area contributed by atoms with Gasteiger partial charge in [0.15, 0.2) is 5.96 Å². The van der Waals surface area contributed by atoms with E-state index in [9.17, 15) is 0 Å². The maximum absolute atomic E-state index is 6.01. The highest BCUT2D eigenvalue weighted by Crippen LogP contribution is 2.28. The molecule has 0 aliphatic heterocycles. The van der Waals surface area contributed by atoms with Crippen molar-refractivity contribution < 1.29 is 9.47 Å². The first-order chi connectivity index (χ1) is 13.2. The monoisotopic (exact) mass is 382 g/mol. The van der Waals surface area contributed by atoms with Gasteiger partial charge in [-0.05, 0) is 12.1 Å². The molecule has 2 aromatic carbocycles. The van der Waals surface area contributed by atoms with E-state index in [4.69, 9.17) is 15.2 Å². The fourth-order valence-corrected chi connectivity index (χ4v) is 3.38. The second-order valence-electron chi connectivity index (χ2n) is 5.72. The van der Waals surface area contributed by atoms with Crippen LogP contribution in [-0.2, 0) is 6.42 Å². The lowest BCUT2D eigenvalue weighted by Crippen LogP contribution is -2.23. The molecule has 0 unspecified atom stereocenters. The number of thiazole rings is 1. The third-order valence-electron chi connectivity index (χ3n) is 3.89. The van der Waals surface area contributed by atoms with Crippen LogP contribution in [0.5, 0.6) is 11.5 Å². The molecule has 0 aliphatic carbocycles. The van der Waals surface area contributed by atoms with E-state index in [1.807, 2.05) is 36.4 Å². The number of benzene rings is 2. The van der Waals surface area contributed by atoms with Crippen LogP contribution in [-0.4, -0.2) is 31.7 Å². The zero-order valence-electron chi connectivity index (χ0n) is 15.3. The fraction of sp³-hybridized carbons (Fsp3) is 0.200. The Balaban J connectivity index is 1.60. The van der Waals surface area contributed by atoms with Crippen molar-refractivity contribution in [2.45, 2.75) is 6.42 Å². The number of hydrogen-bond acceptors (Lipinski definition) is 5. The summed E-state index contributed by atoms with van der Waals surface area (Å²) in [4.78, 5) is 9.04. The summed E-state index contributed by atoms with van der Waals surface area (Å²) in [6.07, 6.45) is 0.723. The van der Waals surface area contributed by atoms with E-state index in [-0.39, 0.29) is 0 Å². The molecular weight excluding hydrogens is 360 g/mol. The lowest BCUT2D eigenvalue weighted by Gasteiger charge is -2.12. The van der Waals surface area contributed by atoms with Crippen molar-refractivity contribution >= 4 is 23.0 Å². The van der Waals surface area contributed by atoms with E-state index < -0.39 is 0 Å². The van der Waals surface area contributed by atoms with Crippen LogP contribution < -0.4 is 20.5 Å². The molecule has 0 saturated heterocycles. The molecule has 0 bridgehead atoms. The molecule has 27 heavy (non-hydrogen) atoms. The van der Waals surface area contributed by atoms with Gasteiger partial charge in [0, 0.05) is 30.0 Å². The summed E-state index contributed by atoms with van der Waals surface area (Å²) in [6.45, 7) is 0.545. The van der Waals surface area contributed by atoms with Crippen LogP contribution in [0.15, 0.2) is 58.9 Å². The Morgan fingerprint density at radius 1 is 1.15 bits per heavy atom. The highest BCUT2D eigenvalue weighted by molar-refractivity contribution is 7.13. The molecule has 0 atom stereocenters. The zero-order chi connectivity index (χ0) is 19.1. The maximum atomic E-state index is 6.01. The van der Waals surface area contributed by atoms with Gasteiger partial charge in [-0.25, -0.2) is 4.98 Å². The number of aliphatic imine (C=N–C) groups is 1. The van der Waals surface area contributed by atoms with Gasteiger partial charge in [-0.2, -0.15) is 0 Å². The summed E-state index contributed by atoms with van der Waals surface area (Å²) in [5.41, 5.74) is 8.85. The number of anilines is 1. The molecule has 3 aromatic rings. The number of nitrogens with one attached hydrogen (secondary N) is 1. The molecule has 3 rings (SSSR count). The van der Waals surface area contributed by atoms with Gasteiger partial charge in [0.25, 0.3) is 0 Å². The first-order valence-corrected chi connectivity index (χ1v) is 9.36. The summed E-state index contributed by atoms with van der Waals surface area (Å²) < 4.78 is 10.6. The lowest BCUT2D eigenvalue weighted by molar-refractivity contribution is 0.405. The quantitative estimate of drug-likeness (QED) is 0.480. The molecule has 0 radical (unpaired) electrons. The Hall–Kier alpha value is -3.06. The SMILES string of the molecule is COc1ccc(OC)c(NC(N)=NCCc2csc(-c3ccccc3)n2)c1. The Morgan fingerprint density at radius 2 is 1.96 bits per heavy atom. The smallest absolute Gasteiger partial charge is 0.193 e. The number of methoxy groups -OCH3 is 2. The van der Waals surface area contributed by atoms with Crippen LogP contribution in [0.3, 0.4) is 0 Å². The third-order valence-corrected chi connectivity index (χ3v) is 4.83. The molecule has 6 nitrogen and oxygen atoms in total. The van der Waals surface area contributed by atoms with Crippen LogP contribution in [0.4, 0.5) is 5.69 Å². The Bertz CT molecular complexity index is 909. The summed E-state index contributed by atoms with van der Waals surface area (Å²) >= 11 is 1.64. The highest BCUT2D eigenvalue weighted by Gasteiger charge is 2.07. The predicted molar refractivity (Wildman–Crippen MR) is 111 cm³/mol. The summed E-state index contributed by atoms with van der Waals surface area (Å²) in [7, 11) is 3.22. The fourth-order valence-electron chi connectivity index (χ4n) is 2.52. The Kier molecular flexibility index (Phi) is 6.27. The second-order valence-corrected chi connectivity index (χ2v) is 6.58. The van der Waals surface area contributed by atoms with Gasteiger partial charge in [0.1, 0.15) is 16.5 Å². The molecule has 1 aromatic heterocycles. The van der Waals surface area contributed by atoms with Gasteiger partial charge in [-0.3, -0.25) is 4.99 Å². The van der Waals surface area contributed by atoms with E-state index in [1.54, 1.807) is 25.6 Å². The van der Waals surface area contributed by atoms with Crippen LogP contribution in [0.2, 0.25) is 0 Å². The third kappa shape index (κ3) is 4.98. The Morgan fingerprint density at radius 3 is 2.70 bits per heavy atom. The predicted octanol–water partition coefficient (Wildman–Crippen LogP) is 3.80. The molecule has 0 fully saturated rings. The van der Waals surface area contributed by atoms with E-state index in [2.05, 4.69) is 32.8 Å². The van der Waals surface area contributed by atoms with Crippen molar-refractivity contribution in [2.24, 2.45) is 10.7 Å².